The van der Waals surface area contributed by atoms with Gasteiger partial charge in [-0.2, -0.15) is 0 Å². The summed E-state index contributed by atoms with van der Waals surface area (Å²) in [6.07, 6.45) is 1.76. The van der Waals surface area contributed by atoms with Crippen LogP contribution < -0.4 is 10.6 Å². The van der Waals surface area contributed by atoms with Gasteiger partial charge in [0.05, 0.1) is 0 Å². The second-order valence-corrected chi connectivity index (χ2v) is 5.58. The largest absolute Gasteiger partial charge is 0.356 e. The van der Waals surface area contributed by atoms with Gasteiger partial charge in [0.2, 0.25) is 5.91 Å². The van der Waals surface area contributed by atoms with Gasteiger partial charge in [0, 0.05) is 39.1 Å². The lowest BCUT2D eigenvalue weighted by molar-refractivity contribution is -0.122. The van der Waals surface area contributed by atoms with Crippen LogP contribution in [0.5, 0.6) is 0 Å². The Balaban J connectivity index is 1.46. The van der Waals surface area contributed by atoms with Crippen LogP contribution in [0, 0.1) is 5.92 Å². The fourth-order valence-electron chi connectivity index (χ4n) is 2.43. The molecule has 0 radical (unpaired) electrons. The summed E-state index contributed by atoms with van der Waals surface area (Å²) in [5.74, 6) is 0.794. The van der Waals surface area contributed by atoms with Crippen LogP contribution in [0.15, 0.2) is 0 Å². The molecule has 2 aliphatic rings. The predicted octanol–water partition coefficient (Wildman–Crippen LogP) is -0.650. The highest BCUT2D eigenvalue weighted by Crippen LogP contribution is 2.07. The van der Waals surface area contributed by atoms with Crippen LogP contribution in [-0.2, 0) is 4.79 Å². The number of amides is 1. The Kier molecular flexibility index (Phi) is 5.41. The number of rotatable bonds is 6. The van der Waals surface area contributed by atoms with Gasteiger partial charge in [-0.25, -0.2) is 0 Å². The summed E-state index contributed by atoms with van der Waals surface area (Å²) in [5.41, 5.74) is 0. The van der Waals surface area contributed by atoms with Crippen molar-refractivity contribution in [3.05, 3.63) is 0 Å². The summed E-state index contributed by atoms with van der Waals surface area (Å²) in [6.45, 7) is 8.62. The minimum Gasteiger partial charge on any atom is -0.356 e. The monoisotopic (exact) mass is 254 g/mol. The summed E-state index contributed by atoms with van der Waals surface area (Å²) >= 11 is 0. The van der Waals surface area contributed by atoms with Gasteiger partial charge in [0.25, 0.3) is 0 Å². The predicted molar refractivity (Wildman–Crippen MR) is 72.5 cm³/mol. The maximum atomic E-state index is 11.6. The maximum absolute atomic E-state index is 11.6. The van der Waals surface area contributed by atoms with Gasteiger partial charge in [0.15, 0.2) is 0 Å². The van der Waals surface area contributed by atoms with Crippen LogP contribution in [0.4, 0.5) is 0 Å². The molecule has 2 aliphatic heterocycles. The van der Waals surface area contributed by atoms with Crippen molar-refractivity contribution in [2.24, 2.45) is 5.92 Å². The molecule has 2 heterocycles. The van der Waals surface area contributed by atoms with Crippen LogP contribution in [0.1, 0.15) is 12.8 Å². The first-order chi connectivity index (χ1) is 8.74. The van der Waals surface area contributed by atoms with E-state index in [1.807, 2.05) is 0 Å². The SMILES string of the molecule is CN1CCN(CCCNC(=O)CC2CNC2)CC1. The molecule has 0 atom stereocenters. The second-order valence-electron chi connectivity index (χ2n) is 5.58. The highest BCUT2D eigenvalue weighted by molar-refractivity contribution is 5.76. The van der Waals surface area contributed by atoms with E-state index in [4.69, 9.17) is 0 Å². The van der Waals surface area contributed by atoms with Gasteiger partial charge in [0.1, 0.15) is 0 Å². The van der Waals surface area contributed by atoms with Gasteiger partial charge in [-0.1, -0.05) is 0 Å². The molecule has 2 N–H and O–H groups in total. The van der Waals surface area contributed by atoms with Crippen molar-refractivity contribution in [1.29, 1.82) is 0 Å². The van der Waals surface area contributed by atoms with E-state index in [0.717, 1.165) is 45.7 Å². The third kappa shape index (κ3) is 4.55. The quantitative estimate of drug-likeness (QED) is 0.619. The minimum absolute atomic E-state index is 0.222. The van der Waals surface area contributed by atoms with Crippen molar-refractivity contribution in [3.8, 4) is 0 Å². The molecule has 18 heavy (non-hydrogen) atoms. The number of nitrogens with zero attached hydrogens (tertiary/aromatic N) is 2. The number of hydrogen-bond donors (Lipinski definition) is 2. The number of hydrogen-bond acceptors (Lipinski definition) is 4. The summed E-state index contributed by atoms with van der Waals surface area (Å²) in [5, 5.41) is 6.22. The molecule has 0 unspecified atom stereocenters. The van der Waals surface area contributed by atoms with Gasteiger partial charge >= 0.3 is 0 Å². The highest BCUT2D eigenvalue weighted by Gasteiger charge is 2.19. The van der Waals surface area contributed by atoms with E-state index in [-0.39, 0.29) is 5.91 Å². The summed E-state index contributed by atoms with van der Waals surface area (Å²) in [4.78, 5) is 16.4. The van der Waals surface area contributed by atoms with Gasteiger partial charge in [-0.05, 0) is 39.0 Å². The molecule has 0 aliphatic carbocycles. The lowest BCUT2D eigenvalue weighted by atomic mass is 9.99. The number of carbonyl (C=O) groups is 1. The highest BCUT2D eigenvalue weighted by atomic mass is 16.1. The molecule has 5 heteroatoms. The van der Waals surface area contributed by atoms with E-state index in [0.29, 0.717) is 12.3 Å². The van der Waals surface area contributed by atoms with Gasteiger partial charge in [-0.15, -0.1) is 0 Å². The Morgan fingerprint density at radius 2 is 2.00 bits per heavy atom. The van der Waals surface area contributed by atoms with E-state index < -0.39 is 0 Å². The summed E-state index contributed by atoms with van der Waals surface area (Å²) in [7, 11) is 2.17. The van der Waals surface area contributed by atoms with E-state index in [2.05, 4.69) is 27.5 Å². The fourth-order valence-corrected chi connectivity index (χ4v) is 2.43. The molecule has 0 spiro atoms. The normalized spacial score (nSPS) is 22.7. The topological polar surface area (TPSA) is 47.6 Å². The van der Waals surface area contributed by atoms with Crippen molar-refractivity contribution in [3.63, 3.8) is 0 Å². The van der Waals surface area contributed by atoms with Crippen LogP contribution in [0.25, 0.3) is 0 Å². The van der Waals surface area contributed by atoms with Crippen LogP contribution in [0.3, 0.4) is 0 Å². The van der Waals surface area contributed by atoms with Gasteiger partial charge in [-0.3, -0.25) is 4.79 Å². The van der Waals surface area contributed by atoms with Gasteiger partial charge < -0.3 is 20.4 Å². The molecule has 0 aromatic rings. The first kappa shape index (κ1) is 13.8. The Morgan fingerprint density at radius 1 is 1.28 bits per heavy atom. The average molecular weight is 254 g/mol. The van der Waals surface area contributed by atoms with Crippen molar-refractivity contribution < 1.29 is 4.79 Å². The molecule has 104 valence electrons. The molecule has 5 nitrogen and oxygen atoms in total. The van der Waals surface area contributed by atoms with E-state index in [1.165, 1.54) is 13.1 Å². The Morgan fingerprint density at radius 3 is 2.61 bits per heavy atom. The number of carbonyl (C=O) groups excluding carboxylic acids is 1. The Labute approximate surface area is 110 Å². The second kappa shape index (κ2) is 7.07. The lowest BCUT2D eigenvalue weighted by Gasteiger charge is -2.32. The smallest absolute Gasteiger partial charge is 0.220 e. The number of piperazine rings is 1. The van der Waals surface area contributed by atoms with Crippen molar-refractivity contribution >= 4 is 5.91 Å². The molecule has 1 amide bonds. The summed E-state index contributed by atoms with van der Waals surface area (Å²) in [6, 6.07) is 0. The Bertz CT molecular complexity index is 260. The van der Waals surface area contributed by atoms with E-state index >= 15 is 0 Å². The van der Waals surface area contributed by atoms with Crippen molar-refractivity contribution in [2.45, 2.75) is 12.8 Å². The lowest BCUT2D eigenvalue weighted by Crippen LogP contribution is -2.46. The zero-order chi connectivity index (χ0) is 12.8. The number of nitrogens with one attached hydrogen (secondary N) is 2. The molecule has 2 saturated heterocycles. The first-order valence-corrected chi connectivity index (χ1v) is 7.12. The summed E-state index contributed by atoms with van der Waals surface area (Å²) < 4.78 is 0. The molecule has 2 rings (SSSR count). The van der Waals surface area contributed by atoms with Crippen molar-refractivity contribution in [2.75, 3.05) is 59.4 Å². The zero-order valence-corrected chi connectivity index (χ0v) is 11.5. The molecule has 2 fully saturated rings. The third-order valence-electron chi connectivity index (χ3n) is 3.91. The van der Waals surface area contributed by atoms with Crippen LogP contribution in [0.2, 0.25) is 0 Å². The molecular weight excluding hydrogens is 228 g/mol. The zero-order valence-electron chi connectivity index (χ0n) is 11.5. The average Bonchev–Trinajstić information content (AvgIpc) is 2.32. The number of likely N-dealkylation sites (N-methyl/N-ethyl adjacent to an activating group) is 1. The standard InChI is InChI=1S/C13H26N4O/c1-16-5-7-17(8-6-16)4-2-3-15-13(18)9-12-10-14-11-12/h12,14H,2-11H2,1H3,(H,15,18). The van der Waals surface area contributed by atoms with Crippen LogP contribution in [-0.4, -0.2) is 75.1 Å². The molecule has 0 aromatic carbocycles. The maximum Gasteiger partial charge on any atom is 0.220 e. The molecule has 0 bridgehead atoms. The van der Waals surface area contributed by atoms with E-state index in [9.17, 15) is 4.79 Å². The molecular formula is C13H26N4O. The molecule has 0 aromatic heterocycles. The third-order valence-corrected chi connectivity index (χ3v) is 3.91. The van der Waals surface area contributed by atoms with Crippen molar-refractivity contribution in [1.82, 2.24) is 20.4 Å². The molecule has 0 saturated carbocycles. The Hall–Kier alpha value is -0.650. The fraction of sp³-hybridized carbons (Fsp3) is 0.923. The first-order valence-electron chi connectivity index (χ1n) is 7.12. The van der Waals surface area contributed by atoms with E-state index in [1.54, 1.807) is 0 Å². The van der Waals surface area contributed by atoms with Crippen LogP contribution >= 0.6 is 0 Å². The minimum atomic E-state index is 0.222.